The van der Waals surface area contributed by atoms with E-state index < -0.39 is 0 Å². The van der Waals surface area contributed by atoms with Crippen LogP contribution in [0.1, 0.15) is 45.4 Å². The highest BCUT2D eigenvalue weighted by Crippen LogP contribution is 2.28. The smallest absolute Gasteiger partial charge is 0.146 e. The second-order valence-electron chi connectivity index (χ2n) is 5.25. The summed E-state index contributed by atoms with van der Waals surface area (Å²) in [6.07, 6.45) is 7.31. The molecule has 0 spiro atoms. The quantitative estimate of drug-likeness (QED) is 0.739. The third-order valence-electron chi connectivity index (χ3n) is 3.95. The van der Waals surface area contributed by atoms with Crippen LogP contribution < -0.4 is 5.32 Å². The second kappa shape index (κ2) is 6.42. The molecule has 18 heavy (non-hydrogen) atoms. The monoisotopic (exact) mass is 269 g/mol. The van der Waals surface area contributed by atoms with Gasteiger partial charge in [-0.25, -0.2) is 4.39 Å². The number of hydrogen-bond acceptors (Lipinski definition) is 1. The predicted molar refractivity (Wildman–Crippen MR) is 75.7 cm³/mol. The average molecular weight is 270 g/mol. The Morgan fingerprint density at radius 2 is 2.11 bits per heavy atom. The minimum Gasteiger partial charge on any atom is -0.380 e. The topological polar surface area (TPSA) is 12.0 Å². The van der Waals surface area contributed by atoms with Crippen LogP contribution in [-0.2, 0) is 0 Å². The van der Waals surface area contributed by atoms with E-state index >= 15 is 0 Å². The summed E-state index contributed by atoms with van der Waals surface area (Å²) in [4.78, 5) is 0. The van der Waals surface area contributed by atoms with Gasteiger partial charge in [0, 0.05) is 11.1 Å². The van der Waals surface area contributed by atoms with E-state index in [0.717, 1.165) is 18.8 Å². The molecule has 0 aromatic heterocycles. The number of hydrogen-bond donors (Lipinski definition) is 1. The first-order valence-electron chi connectivity index (χ1n) is 6.90. The largest absolute Gasteiger partial charge is 0.380 e. The molecule has 1 aliphatic rings. The van der Waals surface area contributed by atoms with Gasteiger partial charge in [-0.3, -0.25) is 0 Å². The van der Waals surface area contributed by atoms with Gasteiger partial charge in [0.2, 0.25) is 0 Å². The number of nitrogens with one attached hydrogen (secondary N) is 1. The van der Waals surface area contributed by atoms with E-state index in [0.29, 0.717) is 16.8 Å². The Morgan fingerprint density at radius 1 is 1.28 bits per heavy atom. The molecule has 2 rings (SSSR count). The van der Waals surface area contributed by atoms with Gasteiger partial charge in [-0.1, -0.05) is 37.8 Å². The van der Waals surface area contributed by atoms with E-state index in [4.69, 9.17) is 11.6 Å². The van der Waals surface area contributed by atoms with Crippen LogP contribution in [0.3, 0.4) is 0 Å². The predicted octanol–water partition coefficient (Wildman–Crippen LogP) is 5.25. The lowest BCUT2D eigenvalue weighted by Crippen LogP contribution is -2.19. The molecular formula is C15H21ClFN. The first-order chi connectivity index (χ1) is 8.69. The van der Waals surface area contributed by atoms with Crippen LogP contribution in [-0.4, -0.2) is 6.04 Å². The Bertz CT molecular complexity index is 394. The summed E-state index contributed by atoms with van der Waals surface area (Å²) in [5.41, 5.74) is 0.544. The van der Waals surface area contributed by atoms with Gasteiger partial charge in [0.05, 0.1) is 5.69 Å². The average Bonchev–Trinajstić information content (AvgIpc) is 2.59. The molecule has 0 amide bonds. The Morgan fingerprint density at radius 3 is 2.89 bits per heavy atom. The third kappa shape index (κ3) is 3.61. The van der Waals surface area contributed by atoms with Crippen molar-refractivity contribution in [2.24, 2.45) is 5.92 Å². The molecule has 1 aromatic carbocycles. The normalized spacial score (nSPS) is 24.6. The van der Waals surface area contributed by atoms with Crippen molar-refractivity contribution in [1.82, 2.24) is 0 Å². The van der Waals surface area contributed by atoms with Gasteiger partial charge >= 0.3 is 0 Å². The molecule has 0 radical (unpaired) electrons. The molecule has 0 saturated heterocycles. The summed E-state index contributed by atoms with van der Waals surface area (Å²) in [5, 5.41) is 3.90. The van der Waals surface area contributed by atoms with Gasteiger partial charge in [0.15, 0.2) is 0 Å². The molecule has 1 nitrogen and oxygen atoms in total. The second-order valence-corrected chi connectivity index (χ2v) is 5.68. The highest BCUT2D eigenvalue weighted by Gasteiger charge is 2.18. The molecule has 2 unspecified atom stereocenters. The summed E-state index contributed by atoms with van der Waals surface area (Å²) in [5.74, 6) is 0.636. The highest BCUT2D eigenvalue weighted by molar-refractivity contribution is 6.30. The van der Waals surface area contributed by atoms with Crippen molar-refractivity contribution in [3.05, 3.63) is 29.0 Å². The van der Waals surface area contributed by atoms with Crippen LogP contribution in [0.15, 0.2) is 18.2 Å². The number of rotatable bonds is 3. The fraction of sp³-hybridized carbons (Fsp3) is 0.600. The number of anilines is 1. The van der Waals surface area contributed by atoms with Crippen LogP contribution in [0, 0.1) is 11.7 Å². The van der Waals surface area contributed by atoms with Gasteiger partial charge in [0.1, 0.15) is 5.82 Å². The van der Waals surface area contributed by atoms with E-state index in [1.54, 1.807) is 12.1 Å². The van der Waals surface area contributed by atoms with Crippen LogP contribution in [0.2, 0.25) is 5.02 Å². The molecule has 1 fully saturated rings. The van der Waals surface area contributed by atoms with Crippen molar-refractivity contribution in [3.63, 3.8) is 0 Å². The number of halogens is 2. The zero-order chi connectivity index (χ0) is 13.0. The highest BCUT2D eigenvalue weighted by atomic mass is 35.5. The maximum absolute atomic E-state index is 13.6. The molecule has 1 aliphatic carbocycles. The minimum absolute atomic E-state index is 0.212. The fourth-order valence-corrected chi connectivity index (χ4v) is 2.93. The molecule has 0 aliphatic heterocycles. The van der Waals surface area contributed by atoms with Gasteiger partial charge in [-0.05, 0) is 43.4 Å². The molecule has 1 aromatic rings. The van der Waals surface area contributed by atoms with Crippen molar-refractivity contribution in [2.75, 3.05) is 5.32 Å². The van der Waals surface area contributed by atoms with Crippen molar-refractivity contribution in [2.45, 2.75) is 51.5 Å². The first-order valence-corrected chi connectivity index (χ1v) is 7.28. The van der Waals surface area contributed by atoms with Crippen LogP contribution in [0.4, 0.5) is 10.1 Å². The molecule has 1 N–H and O–H groups in total. The van der Waals surface area contributed by atoms with Crippen molar-refractivity contribution in [1.29, 1.82) is 0 Å². The zero-order valence-electron chi connectivity index (χ0n) is 10.9. The molecule has 0 bridgehead atoms. The fourth-order valence-electron chi connectivity index (χ4n) is 2.76. The van der Waals surface area contributed by atoms with Crippen molar-refractivity contribution in [3.8, 4) is 0 Å². The maximum Gasteiger partial charge on any atom is 0.146 e. The summed E-state index contributed by atoms with van der Waals surface area (Å²) < 4.78 is 13.6. The third-order valence-corrected chi connectivity index (χ3v) is 4.19. The number of benzene rings is 1. The van der Waals surface area contributed by atoms with E-state index in [1.807, 2.05) is 0 Å². The summed E-state index contributed by atoms with van der Waals surface area (Å²) in [7, 11) is 0. The van der Waals surface area contributed by atoms with E-state index in [9.17, 15) is 4.39 Å². The Labute approximate surface area is 114 Å². The van der Waals surface area contributed by atoms with Gasteiger partial charge in [-0.15, -0.1) is 0 Å². The minimum atomic E-state index is -0.212. The van der Waals surface area contributed by atoms with E-state index in [1.165, 1.54) is 31.7 Å². The molecule has 0 heterocycles. The molecule has 1 saturated carbocycles. The Hall–Kier alpha value is -0.760. The SMILES string of the molecule is CCC1CCCC(Nc2cc(Cl)ccc2F)CC1. The lowest BCUT2D eigenvalue weighted by Gasteiger charge is -2.18. The first kappa shape index (κ1) is 13.7. The lowest BCUT2D eigenvalue weighted by atomic mass is 9.98. The van der Waals surface area contributed by atoms with Crippen LogP contribution >= 0.6 is 11.6 Å². The molecule has 2 atom stereocenters. The zero-order valence-corrected chi connectivity index (χ0v) is 11.6. The van der Waals surface area contributed by atoms with Gasteiger partial charge in [-0.2, -0.15) is 0 Å². The molecule has 100 valence electrons. The molecular weight excluding hydrogens is 249 g/mol. The summed E-state index contributed by atoms with van der Waals surface area (Å²) in [6.45, 7) is 2.26. The summed E-state index contributed by atoms with van der Waals surface area (Å²) in [6, 6.07) is 5.08. The standard InChI is InChI=1S/C15H21ClFN/c1-2-11-4-3-5-13(8-6-11)18-15-10-12(16)7-9-14(15)17/h7,9-11,13,18H,2-6,8H2,1H3. The van der Waals surface area contributed by atoms with E-state index in [-0.39, 0.29) is 5.82 Å². The van der Waals surface area contributed by atoms with Crippen molar-refractivity contribution >= 4 is 17.3 Å². The van der Waals surface area contributed by atoms with Crippen LogP contribution in [0.25, 0.3) is 0 Å². The van der Waals surface area contributed by atoms with Gasteiger partial charge < -0.3 is 5.32 Å². The van der Waals surface area contributed by atoms with Crippen molar-refractivity contribution < 1.29 is 4.39 Å². The molecule has 3 heteroatoms. The van der Waals surface area contributed by atoms with E-state index in [2.05, 4.69) is 12.2 Å². The maximum atomic E-state index is 13.6. The summed E-state index contributed by atoms with van der Waals surface area (Å²) >= 11 is 5.91. The van der Waals surface area contributed by atoms with Crippen LogP contribution in [0.5, 0.6) is 0 Å². The van der Waals surface area contributed by atoms with Gasteiger partial charge in [0.25, 0.3) is 0 Å². The Balaban J connectivity index is 1.98. The Kier molecular flexibility index (Phi) is 4.87. The lowest BCUT2D eigenvalue weighted by molar-refractivity contribution is 0.444.